The third kappa shape index (κ3) is 4.30. The lowest BCUT2D eigenvalue weighted by atomic mass is 10.0. The van der Waals surface area contributed by atoms with Gasteiger partial charge in [-0.1, -0.05) is 25.1 Å². The summed E-state index contributed by atoms with van der Waals surface area (Å²) in [6.07, 6.45) is -0.722. The van der Waals surface area contributed by atoms with Gasteiger partial charge < -0.3 is 10.6 Å². The third-order valence-corrected chi connectivity index (χ3v) is 2.82. The Labute approximate surface area is 101 Å². The van der Waals surface area contributed by atoms with Crippen molar-refractivity contribution in [1.29, 1.82) is 0 Å². The molecule has 1 unspecified atom stereocenters. The van der Waals surface area contributed by atoms with Gasteiger partial charge in [0.05, 0.1) is 6.54 Å². The van der Waals surface area contributed by atoms with Crippen LogP contribution in [0, 0.1) is 0 Å². The van der Waals surface area contributed by atoms with E-state index in [0.717, 1.165) is 24.1 Å². The van der Waals surface area contributed by atoms with E-state index in [9.17, 15) is 8.78 Å². The smallest absolute Gasteiger partial charge is 0.255 e. The van der Waals surface area contributed by atoms with Crippen molar-refractivity contribution in [2.75, 3.05) is 18.5 Å². The lowest BCUT2D eigenvalue weighted by molar-refractivity contribution is 0.156. The quantitative estimate of drug-likeness (QED) is 0.831. The van der Waals surface area contributed by atoms with E-state index < -0.39 is 6.43 Å². The van der Waals surface area contributed by atoms with E-state index in [-0.39, 0.29) is 12.6 Å². The molecule has 2 nitrogen and oxygen atoms in total. The maximum absolute atomic E-state index is 12.4. The average Bonchev–Trinajstić information content (AvgIpc) is 2.28. The highest BCUT2D eigenvalue weighted by atomic mass is 19.3. The molecule has 1 aromatic rings. The lowest BCUT2D eigenvalue weighted by Crippen LogP contribution is -2.27. The summed E-state index contributed by atoms with van der Waals surface area (Å²) in [7, 11) is 1.68. The number of hydrogen-bond donors (Lipinski definition) is 1. The van der Waals surface area contributed by atoms with Crippen molar-refractivity contribution >= 4 is 5.69 Å². The Morgan fingerprint density at radius 2 is 1.94 bits per heavy atom. The van der Waals surface area contributed by atoms with Crippen LogP contribution in [-0.4, -0.2) is 26.1 Å². The van der Waals surface area contributed by atoms with Gasteiger partial charge >= 0.3 is 0 Å². The molecule has 0 bridgehead atoms. The molecule has 0 saturated heterocycles. The minimum absolute atomic E-state index is 0.0797. The molecule has 0 aliphatic rings. The molecule has 96 valence electrons. The molecular weight excluding hydrogens is 222 g/mol. The zero-order valence-corrected chi connectivity index (χ0v) is 10.4. The van der Waals surface area contributed by atoms with Crippen molar-refractivity contribution < 1.29 is 8.78 Å². The Morgan fingerprint density at radius 1 is 1.29 bits per heavy atom. The predicted molar refractivity (Wildman–Crippen MR) is 67.7 cm³/mol. The summed E-state index contributed by atoms with van der Waals surface area (Å²) in [5.41, 5.74) is 7.79. The topological polar surface area (TPSA) is 29.3 Å². The maximum atomic E-state index is 12.4. The molecule has 0 heterocycles. The number of anilines is 1. The molecule has 4 heteroatoms. The van der Waals surface area contributed by atoms with Crippen LogP contribution in [0.3, 0.4) is 0 Å². The molecule has 2 N–H and O–H groups in total. The van der Waals surface area contributed by atoms with Gasteiger partial charge in [-0.25, -0.2) is 8.78 Å². The molecule has 0 aliphatic heterocycles. The van der Waals surface area contributed by atoms with Crippen LogP contribution in [0.5, 0.6) is 0 Å². The first-order valence-electron chi connectivity index (χ1n) is 5.87. The highest BCUT2D eigenvalue weighted by Crippen LogP contribution is 2.21. The maximum Gasteiger partial charge on any atom is 0.255 e. The molecule has 0 amide bonds. The number of halogens is 2. The molecule has 0 fully saturated rings. The highest BCUT2D eigenvalue weighted by molar-refractivity contribution is 5.53. The second-order valence-electron chi connectivity index (χ2n) is 4.27. The van der Waals surface area contributed by atoms with Gasteiger partial charge in [0.25, 0.3) is 6.43 Å². The lowest BCUT2D eigenvalue weighted by Gasteiger charge is -2.23. The van der Waals surface area contributed by atoms with Crippen molar-refractivity contribution in [3.8, 4) is 0 Å². The summed E-state index contributed by atoms with van der Waals surface area (Å²) in [5, 5.41) is 0. The minimum Gasteiger partial charge on any atom is -0.369 e. The van der Waals surface area contributed by atoms with E-state index in [0.29, 0.717) is 0 Å². The van der Waals surface area contributed by atoms with E-state index in [1.165, 1.54) is 0 Å². The normalized spacial score (nSPS) is 12.8. The first kappa shape index (κ1) is 13.9. The molecular formula is C13H20F2N2. The molecule has 0 radical (unpaired) electrons. The predicted octanol–water partition coefficient (Wildman–Crippen LogP) is 2.67. The van der Waals surface area contributed by atoms with Gasteiger partial charge in [-0.2, -0.15) is 0 Å². The number of nitrogens with two attached hydrogens (primary N) is 1. The zero-order chi connectivity index (χ0) is 12.8. The van der Waals surface area contributed by atoms with Crippen LogP contribution >= 0.6 is 0 Å². The summed E-state index contributed by atoms with van der Waals surface area (Å²) in [5.74, 6) is 0. The molecule has 1 aromatic carbocycles. The Kier molecular flexibility index (Phi) is 5.35. The van der Waals surface area contributed by atoms with Gasteiger partial charge in [-0.15, -0.1) is 0 Å². The van der Waals surface area contributed by atoms with Crippen molar-refractivity contribution in [3.63, 3.8) is 0 Å². The van der Waals surface area contributed by atoms with Gasteiger partial charge in [0.15, 0.2) is 0 Å². The average molecular weight is 242 g/mol. The van der Waals surface area contributed by atoms with Crippen LogP contribution < -0.4 is 10.6 Å². The Hall–Kier alpha value is -1.16. The molecule has 1 atom stereocenters. The van der Waals surface area contributed by atoms with Crippen LogP contribution in [0.1, 0.15) is 18.9 Å². The second-order valence-corrected chi connectivity index (χ2v) is 4.27. The van der Waals surface area contributed by atoms with E-state index >= 15 is 0 Å². The Bertz CT molecular complexity index is 342. The third-order valence-electron chi connectivity index (χ3n) is 2.82. The van der Waals surface area contributed by atoms with Crippen molar-refractivity contribution in [2.45, 2.75) is 32.2 Å². The van der Waals surface area contributed by atoms with Gasteiger partial charge in [0.1, 0.15) is 0 Å². The number of nitrogens with zero attached hydrogens (tertiary/aromatic N) is 1. The highest BCUT2D eigenvalue weighted by Gasteiger charge is 2.13. The van der Waals surface area contributed by atoms with E-state index in [1.807, 2.05) is 31.2 Å². The molecule has 0 aliphatic carbocycles. The molecule has 1 rings (SSSR count). The van der Waals surface area contributed by atoms with Gasteiger partial charge in [-0.05, 0) is 24.5 Å². The number of benzene rings is 1. The van der Waals surface area contributed by atoms with E-state index in [4.69, 9.17) is 5.73 Å². The van der Waals surface area contributed by atoms with Crippen LogP contribution in [0.2, 0.25) is 0 Å². The number of hydrogen-bond acceptors (Lipinski definition) is 2. The first-order valence-corrected chi connectivity index (χ1v) is 5.87. The molecule has 17 heavy (non-hydrogen) atoms. The first-order chi connectivity index (χ1) is 8.04. The van der Waals surface area contributed by atoms with Gasteiger partial charge in [0, 0.05) is 18.8 Å². The van der Waals surface area contributed by atoms with Crippen LogP contribution in [0.15, 0.2) is 24.3 Å². The largest absolute Gasteiger partial charge is 0.369 e. The zero-order valence-electron chi connectivity index (χ0n) is 10.4. The summed E-state index contributed by atoms with van der Waals surface area (Å²) in [6, 6.07) is 7.67. The van der Waals surface area contributed by atoms with Gasteiger partial charge in [-0.3, -0.25) is 0 Å². The number of rotatable bonds is 6. The van der Waals surface area contributed by atoms with Crippen LogP contribution in [0.25, 0.3) is 0 Å². The summed E-state index contributed by atoms with van der Waals surface area (Å²) < 4.78 is 24.7. The molecule has 0 saturated carbocycles. The SMILES string of the molecule is CCC(N)Cc1ccccc1N(C)CC(F)F. The molecule has 0 aromatic heterocycles. The standard InChI is InChI=1S/C13H20F2N2/c1-3-11(16)8-10-6-4-5-7-12(10)17(2)9-13(14)15/h4-7,11,13H,3,8-9,16H2,1-2H3. The van der Waals surface area contributed by atoms with E-state index in [1.54, 1.807) is 11.9 Å². The van der Waals surface area contributed by atoms with Crippen molar-refractivity contribution in [2.24, 2.45) is 5.73 Å². The fraction of sp³-hybridized carbons (Fsp3) is 0.538. The number of alkyl halides is 2. The fourth-order valence-corrected chi connectivity index (χ4v) is 1.79. The Morgan fingerprint density at radius 3 is 2.53 bits per heavy atom. The monoisotopic (exact) mass is 242 g/mol. The van der Waals surface area contributed by atoms with Crippen molar-refractivity contribution in [1.82, 2.24) is 0 Å². The van der Waals surface area contributed by atoms with Crippen LogP contribution in [0.4, 0.5) is 14.5 Å². The minimum atomic E-state index is -2.33. The van der Waals surface area contributed by atoms with Crippen molar-refractivity contribution in [3.05, 3.63) is 29.8 Å². The molecule has 0 spiro atoms. The fourth-order valence-electron chi connectivity index (χ4n) is 1.79. The van der Waals surface area contributed by atoms with E-state index in [2.05, 4.69) is 0 Å². The summed E-state index contributed by atoms with van der Waals surface area (Å²) in [6.45, 7) is 1.77. The number of para-hydroxylation sites is 1. The summed E-state index contributed by atoms with van der Waals surface area (Å²) >= 11 is 0. The second kappa shape index (κ2) is 6.55. The Balaban J connectivity index is 2.83. The van der Waals surface area contributed by atoms with Gasteiger partial charge in [0.2, 0.25) is 0 Å². The van der Waals surface area contributed by atoms with Crippen LogP contribution in [-0.2, 0) is 6.42 Å². The summed E-state index contributed by atoms with van der Waals surface area (Å²) in [4.78, 5) is 1.59.